The Hall–Kier alpha value is -2.93. The molecule has 3 aromatic rings. The highest BCUT2D eigenvalue weighted by Gasteiger charge is 2.60. The van der Waals surface area contributed by atoms with Crippen LogP contribution in [0.4, 0.5) is 5.69 Å². The SMILES string of the molecule is CC(=O)O/N=C1\SC(=Nc2ccc(Cl)cc2)[C@]2(CCc3ccccc3C2=O)[C@H]1c1ccc(Cl)cc1. The Morgan fingerprint density at radius 2 is 1.66 bits per heavy atom. The Kier molecular flexibility index (Phi) is 6.53. The number of ketones is 1. The van der Waals surface area contributed by atoms with Crippen molar-refractivity contribution in [2.45, 2.75) is 25.7 Å². The first-order valence-corrected chi connectivity index (χ1v) is 12.6. The summed E-state index contributed by atoms with van der Waals surface area (Å²) in [6, 6.07) is 22.2. The molecule has 1 spiro atoms. The van der Waals surface area contributed by atoms with Gasteiger partial charge >= 0.3 is 5.97 Å². The number of oxime groups is 1. The normalized spacial score (nSPS) is 23.6. The van der Waals surface area contributed by atoms with Gasteiger partial charge in [-0.2, -0.15) is 0 Å². The summed E-state index contributed by atoms with van der Waals surface area (Å²) in [5, 5.41) is 6.49. The zero-order valence-electron chi connectivity index (χ0n) is 18.7. The van der Waals surface area contributed by atoms with Crippen molar-refractivity contribution in [1.29, 1.82) is 0 Å². The van der Waals surface area contributed by atoms with Crippen molar-refractivity contribution in [3.05, 3.63) is 99.5 Å². The van der Waals surface area contributed by atoms with E-state index in [1.54, 1.807) is 24.3 Å². The molecule has 1 saturated heterocycles. The van der Waals surface area contributed by atoms with Gasteiger partial charge in [0.05, 0.1) is 22.1 Å². The zero-order chi connectivity index (χ0) is 24.6. The van der Waals surface area contributed by atoms with E-state index in [9.17, 15) is 9.59 Å². The van der Waals surface area contributed by atoms with Crippen LogP contribution in [0.5, 0.6) is 0 Å². The molecule has 5 rings (SSSR count). The molecule has 0 aromatic heterocycles. The number of carbonyl (C=O) groups is 2. The van der Waals surface area contributed by atoms with Gasteiger partial charge in [0.2, 0.25) is 0 Å². The molecule has 0 saturated carbocycles. The molecule has 35 heavy (non-hydrogen) atoms. The number of carbonyl (C=O) groups excluding carboxylic acids is 2. The molecule has 1 fully saturated rings. The van der Waals surface area contributed by atoms with Gasteiger partial charge in [0.15, 0.2) is 5.78 Å². The van der Waals surface area contributed by atoms with Gasteiger partial charge in [-0.05, 0) is 60.4 Å². The van der Waals surface area contributed by atoms with Gasteiger partial charge < -0.3 is 4.84 Å². The first-order valence-electron chi connectivity index (χ1n) is 11.0. The molecule has 0 amide bonds. The first kappa shape index (κ1) is 23.8. The van der Waals surface area contributed by atoms with Crippen molar-refractivity contribution >= 4 is 62.5 Å². The number of nitrogens with zero attached hydrogens (tertiary/aromatic N) is 2. The maximum Gasteiger partial charge on any atom is 0.332 e. The molecule has 1 aliphatic carbocycles. The molecule has 0 N–H and O–H groups in total. The summed E-state index contributed by atoms with van der Waals surface area (Å²) in [6.45, 7) is 1.29. The minimum Gasteiger partial charge on any atom is -0.318 e. The Morgan fingerprint density at radius 1 is 1.00 bits per heavy atom. The molecular weight excluding hydrogens is 503 g/mol. The van der Waals surface area contributed by atoms with Crippen LogP contribution in [-0.4, -0.2) is 21.8 Å². The van der Waals surface area contributed by atoms with Gasteiger partial charge in [0, 0.05) is 22.5 Å². The summed E-state index contributed by atoms with van der Waals surface area (Å²) >= 11 is 13.5. The predicted octanol–water partition coefficient (Wildman–Crippen LogP) is 7.25. The fraction of sp³-hybridized carbons (Fsp3) is 0.185. The predicted molar refractivity (Wildman–Crippen MR) is 141 cm³/mol. The second kappa shape index (κ2) is 9.61. The van der Waals surface area contributed by atoms with E-state index in [0.29, 0.717) is 44.2 Å². The van der Waals surface area contributed by atoms with Crippen LogP contribution in [0.1, 0.15) is 40.7 Å². The Balaban J connectivity index is 1.74. The van der Waals surface area contributed by atoms with E-state index in [-0.39, 0.29) is 5.78 Å². The molecule has 2 aliphatic rings. The fourth-order valence-electron chi connectivity index (χ4n) is 4.73. The number of hydrogen-bond donors (Lipinski definition) is 0. The summed E-state index contributed by atoms with van der Waals surface area (Å²) in [7, 11) is 0. The van der Waals surface area contributed by atoms with E-state index in [2.05, 4.69) is 5.16 Å². The van der Waals surface area contributed by atoms with Crippen LogP contribution in [0.3, 0.4) is 0 Å². The Labute approximate surface area is 217 Å². The Morgan fingerprint density at radius 3 is 2.34 bits per heavy atom. The van der Waals surface area contributed by atoms with E-state index in [1.807, 2.05) is 48.5 Å². The lowest BCUT2D eigenvalue weighted by Crippen LogP contribution is -2.44. The third kappa shape index (κ3) is 4.42. The van der Waals surface area contributed by atoms with Crippen molar-refractivity contribution in [3.8, 4) is 0 Å². The number of hydrogen-bond acceptors (Lipinski definition) is 6. The van der Waals surface area contributed by atoms with Crippen LogP contribution in [-0.2, 0) is 16.1 Å². The highest BCUT2D eigenvalue weighted by atomic mass is 35.5. The third-order valence-electron chi connectivity index (χ3n) is 6.30. The molecule has 176 valence electrons. The van der Waals surface area contributed by atoms with Crippen LogP contribution >= 0.6 is 35.0 Å². The number of aryl methyl sites for hydroxylation is 1. The van der Waals surface area contributed by atoms with E-state index in [0.717, 1.165) is 11.1 Å². The standard InChI is InChI=1S/C27H20Cl2N2O3S/c1-16(32)34-31-25-23(18-6-8-19(28)9-7-18)27(15-14-17-4-2-3-5-22(17)24(27)33)26(35-25)30-21-12-10-20(29)11-13-21/h2-13,23H,14-15H2,1H3/b30-26?,31-25-/t23-,27+/m0/s1. The third-order valence-corrected chi connectivity index (χ3v) is 7.98. The average Bonchev–Trinajstić information content (AvgIpc) is 3.16. The number of benzene rings is 3. The van der Waals surface area contributed by atoms with E-state index in [1.165, 1.54) is 18.7 Å². The lowest BCUT2D eigenvalue weighted by atomic mass is 9.62. The summed E-state index contributed by atoms with van der Waals surface area (Å²) < 4.78 is 0. The van der Waals surface area contributed by atoms with Crippen LogP contribution in [0, 0.1) is 5.41 Å². The molecule has 8 heteroatoms. The lowest BCUT2D eigenvalue weighted by Gasteiger charge is -2.37. The van der Waals surface area contributed by atoms with Crippen LogP contribution in [0.15, 0.2) is 82.9 Å². The van der Waals surface area contributed by atoms with Crippen LogP contribution in [0.2, 0.25) is 10.0 Å². The molecule has 0 radical (unpaired) electrons. The number of Topliss-reactive ketones (excluding diaryl/α,β-unsaturated/α-hetero) is 1. The summed E-state index contributed by atoms with van der Waals surface area (Å²) in [6.07, 6.45) is 1.24. The maximum absolute atomic E-state index is 14.3. The van der Waals surface area contributed by atoms with Gasteiger partial charge in [-0.3, -0.25) is 4.79 Å². The fourth-order valence-corrected chi connectivity index (χ4v) is 6.35. The largest absolute Gasteiger partial charge is 0.332 e. The van der Waals surface area contributed by atoms with Crippen molar-refractivity contribution in [3.63, 3.8) is 0 Å². The van der Waals surface area contributed by atoms with Crippen LogP contribution < -0.4 is 0 Å². The van der Waals surface area contributed by atoms with Gasteiger partial charge in [0.25, 0.3) is 0 Å². The highest BCUT2D eigenvalue weighted by molar-refractivity contribution is 8.27. The quantitative estimate of drug-likeness (QED) is 0.268. The molecule has 2 atom stereocenters. The van der Waals surface area contributed by atoms with Crippen molar-refractivity contribution in [2.24, 2.45) is 15.6 Å². The van der Waals surface area contributed by atoms with Gasteiger partial charge in [-0.1, -0.05) is 76.5 Å². The number of aliphatic imine (C=N–C) groups is 1. The number of halogens is 2. The van der Waals surface area contributed by atoms with E-state index >= 15 is 0 Å². The maximum atomic E-state index is 14.3. The summed E-state index contributed by atoms with van der Waals surface area (Å²) in [4.78, 5) is 35.9. The summed E-state index contributed by atoms with van der Waals surface area (Å²) in [5.41, 5.74) is 2.20. The monoisotopic (exact) mass is 522 g/mol. The summed E-state index contributed by atoms with van der Waals surface area (Å²) in [5.74, 6) is -1.05. The zero-order valence-corrected chi connectivity index (χ0v) is 21.0. The average molecular weight is 523 g/mol. The Bertz CT molecular complexity index is 1370. The van der Waals surface area contributed by atoms with Gasteiger partial charge in [-0.15, -0.1) is 0 Å². The minimum absolute atomic E-state index is 0.0208. The molecule has 1 heterocycles. The molecule has 3 aromatic carbocycles. The molecule has 0 bridgehead atoms. The molecular formula is C27H20Cl2N2O3S. The topological polar surface area (TPSA) is 68.1 Å². The smallest absolute Gasteiger partial charge is 0.318 e. The van der Waals surface area contributed by atoms with Gasteiger partial charge in [0.1, 0.15) is 5.04 Å². The number of rotatable bonds is 3. The lowest BCUT2D eigenvalue weighted by molar-refractivity contribution is -0.140. The first-order chi connectivity index (χ1) is 16.9. The van der Waals surface area contributed by atoms with Crippen molar-refractivity contribution < 1.29 is 14.4 Å². The molecule has 1 aliphatic heterocycles. The van der Waals surface area contributed by atoms with E-state index < -0.39 is 17.3 Å². The second-order valence-electron chi connectivity index (χ2n) is 8.45. The molecule has 5 nitrogen and oxygen atoms in total. The number of fused-ring (bicyclic) bond motifs is 1. The highest BCUT2D eigenvalue weighted by Crippen LogP contribution is 2.57. The van der Waals surface area contributed by atoms with Crippen molar-refractivity contribution in [2.75, 3.05) is 0 Å². The van der Waals surface area contributed by atoms with Crippen LogP contribution in [0.25, 0.3) is 0 Å². The minimum atomic E-state index is -1.01. The number of thioether (sulfide) groups is 1. The molecule has 0 unspecified atom stereocenters. The van der Waals surface area contributed by atoms with Gasteiger partial charge in [-0.25, -0.2) is 9.79 Å². The van der Waals surface area contributed by atoms with Crippen molar-refractivity contribution in [1.82, 2.24) is 0 Å². The van der Waals surface area contributed by atoms with E-state index in [4.69, 9.17) is 33.0 Å². The second-order valence-corrected chi connectivity index (χ2v) is 10.3.